The molecule has 0 heterocycles. The van der Waals surface area contributed by atoms with E-state index in [1.807, 2.05) is 0 Å². The zero-order valence-corrected chi connectivity index (χ0v) is 16.8. The fraction of sp³-hybridized carbons (Fsp3) is 0.158. The summed E-state index contributed by atoms with van der Waals surface area (Å²) in [5.74, 6) is -1.07. The van der Waals surface area contributed by atoms with Crippen molar-refractivity contribution in [1.29, 1.82) is 0 Å². The van der Waals surface area contributed by atoms with E-state index in [4.69, 9.17) is 11.6 Å². The van der Waals surface area contributed by atoms with Gasteiger partial charge >= 0.3 is 5.97 Å². The maximum absolute atomic E-state index is 12.3. The lowest BCUT2D eigenvalue weighted by molar-refractivity contribution is -0.142. The van der Waals surface area contributed by atoms with Crippen LogP contribution in [0, 0.1) is 0 Å². The number of amides is 1. The van der Waals surface area contributed by atoms with Crippen LogP contribution in [-0.2, 0) is 24.3 Å². The summed E-state index contributed by atoms with van der Waals surface area (Å²) in [5.41, 5.74) is 1.23. The molecule has 0 aliphatic rings. The van der Waals surface area contributed by atoms with Crippen molar-refractivity contribution in [3.63, 3.8) is 0 Å². The molecular weight excluding hydrogens is 404 g/mol. The zero-order valence-electron chi connectivity index (χ0n) is 15.2. The van der Waals surface area contributed by atoms with Crippen LogP contribution in [0.4, 0.5) is 5.69 Å². The number of ether oxygens (including phenoxy) is 1. The lowest BCUT2D eigenvalue weighted by Crippen LogP contribution is -2.39. The second-order valence-corrected chi connectivity index (χ2v) is 7.92. The first kappa shape index (κ1) is 21.6. The Morgan fingerprint density at radius 3 is 2.25 bits per heavy atom. The topological polar surface area (TPSA) is 102 Å². The molecule has 0 spiro atoms. The first-order chi connectivity index (χ1) is 13.2. The van der Waals surface area contributed by atoms with Crippen LogP contribution in [0.2, 0.25) is 5.02 Å². The lowest BCUT2D eigenvalue weighted by Gasteiger charge is -2.12. The molecule has 0 saturated heterocycles. The average Bonchev–Trinajstić information content (AvgIpc) is 2.67. The van der Waals surface area contributed by atoms with Gasteiger partial charge in [-0.1, -0.05) is 23.7 Å². The summed E-state index contributed by atoms with van der Waals surface area (Å²) in [5, 5.41) is 3.23. The van der Waals surface area contributed by atoms with Gasteiger partial charge in [-0.3, -0.25) is 9.59 Å². The molecule has 9 heteroatoms. The van der Waals surface area contributed by atoms with Gasteiger partial charge in [0.15, 0.2) is 0 Å². The summed E-state index contributed by atoms with van der Waals surface area (Å²) in [6, 6.07) is 11.5. The molecule has 0 bridgehead atoms. The van der Waals surface area contributed by atoms with Crippen LogP contribution in [-0.4, -0.2) is 33.4 Å². The molecule has 2 aromatic rings. The predicted molar refractivity (Wildman–Crippen MR) is 107 cm³/mol. The number of carbonyl (C=O) groups excluding carboxylic acids is 2. The van der Waals surface area contributed by atoms with Crippen molar-refractivity contribution < 1.29 is 22.7 Å². The summed E-state index contributed by atoms with van der Waals surface area (Å²) in [4.78, 5) is 23.3. The Labute approximate surface area is 168 Å². The van der Waals surface area contributed by atoms with Crippen LogP contribution < -0.4 is 10.0 Å². The first-order valence-corrected chi connectivity index (χ1v) is 10.0. The second kappa shape index (κ2) is 9.50. The fourth-order valence-corrected chi connectivity index (χ4v) is 3.49. The van der Waals surface area contributed by atoms with Gasteiger partial charge < -0.3 is 10.1 Å². The number of sulfonamides is 1. The van der Waals surface area contributed by atoms with Crippen molar-refractivity contribution in [2.45, 2.75) is 17.9 Å². The fourth-order valence-electron chi connectivity index (χ4n) is 2.17. The molecule has 0 aliphatic carbocycles. The van der Waals surface area contributed by atoms with Gasteiger partial charge in [-0.05, 0) is 55.0 Å². The number of carbonyl (C=O) groups is 2. The lowest BCUT2D eigenvalue weighted by atomic mass is 10.2. The van der Waals surface area contributed by atoms with E-state index in [2.05, 4.69) is 14.8 Å². The standard InChI is InChI=1S/C19H19ClN2O5S/c1-13(19(24)27-2)22-28(25,26)17-10-8-16(9-11-17)21-18(23)12-5-14-3-6-15(20)7-4-14/h3-13,22H,1-2H3,(H,21,23)/b12-5+/t13-/m0/s1. The van der Waals surface area contributed by atoms with E-state index in [0.717, 1.165) is 5.56 Å². The minimum Gasteiger partial charge on any atom is -0.468 e. The highest BCUT2D eigenvalue weighted by Gasteiger charge is 2.22. The van der Waals surface area contributed by atoms with Crippen LogP contribution in [0.15, 0.2) is 59.5 Å². The highest BCUT2D eigenvalue weighted by Crippen LogP contribution is 2.15. The van der Waals surface area contributed by atoms with Gasteiger partial charge in [-0.15, -0.1) is 0 Å². The smallest absolute Gasteiger partial charge is 0.323 e. The number of nitrogens with one attached hydrogen (secondary N) is 2. The predicted octanol–water partition coefficient (Wildman–Crippen LogP) is 2.83. The number of halogens is 1. The third-order valence-electron chi connectivity index (χ3n) is 3.62. The molecule has 28 heavy (non-hydrogen) atoms. The summed E-state index contributed by atoms with van der Waals surface area (Å²) in [6.07, 6.45) is 2.98. The van der Waals surface area contributed by atoms with E-state index < -0.39 is 22.0 Å². The maximum Gasteiger partial charge on any atom is 0.323 e. The molecule has 2 N–H and O–H groups in total. The van der Waals surface area contributed by atoms with Crippen LogP contribution in [0.1, 0.15) is 12.5 Å². The Morgan fingerprint density at radius 2 is 1.68 bits per heavy atom. The quantitative estimate of drug-likeness (QED) is 0.527. The molecule has 148 valence electrons. The van der Waals surface area contributed by atoms with E-state index in [1.165, 1.54) is 44.4 Å². The summed E-state index contributed by atoms with van der Waals surface area (Å²) in [6.45, 7) is 1.38. The Morgan fingerprint density at radius 1 is 1.07 bits per heavy atom. The molecule has 0 saturated carbocycles. The highest BCUT2D eigenvalue weighted by atomic mass is 35.5. The van der Waals surface area contributed by atoms with Crippen molar-refractivity contribution in [3.05, 3.63) is 65.2 Å². The Kier molecular flexibility index (Phi) is 7.33. The largest absolute Gasteiger partial charge is 0.468 e. The Bertz CT molecular complexity index is 970. The summed E-state index contributed by atoms with van der Waals surface area (Å²) < 4.78 is 31.2. The van der Waals surface area contributed by atoms with Crippen LogP contribution >= 0.6 is 11.6 Å². The third kappa shape index (κ3) is 6.19. The molecule has 2 rings (SSSR count). The maximum atomic E-state index is 12.3. The van der Waals surface area contributed by atoms with E-state index in [9.17, 15) is 18.0 Å². The molecule has 0 unspecified atom stereocenters. The number of esters is 1. The van der Waals surface area contributed by atoms with Gasteiger partial charge in [0.25, 0.3) is 0 Å². The van der Waals surface area contributed by atoms with Crippen LogP contribution in [0.5, 0.6) is 0 Å². The van der Waals surface area contributed by atoms with E-state index >= 15 is 0 Å². The molecule has 0 aromatic heterocycles. The number of anilines is 1. The number of hydrogen-bond donors (Lipinski definition) is 2. The molecule has 7 nitrogen and oxygen atoms in total. The number of benzene rings is 2. The van der Waals surface area contributed by atoms with Gasteiger partial charge in [-0.2, -0.15) is 4.72 Å². The molecule has 0 aliphatic heterocycles. The molecule has 1 amide bonds. The van der Waals surface area contributed by atoms with E-state index in [1.54, 1.807) is 30.3 Å². The summed E-state index contributed by atoms with van der Waals surface area (Å²) in [7, 11) is -2.73. The normalized spacial score (nSPS) is 12.5. The Balaban J connectivity index is 2.00. The molecule has 1 atom stereocenters. The summed E-state index contributed by atoms with van der Waals surface area (Å²) >= 11 is 5.80. The second-order valence-electron chi connectivity index (χ2n) is 5.76. The minimum atomic E-state index is -3.90. The Hall–Kier alpha value is -2.68. The van der Waals surface area contributed by atoms with E-state index in [0.29, 0.717) is 10.7 Å². The number of hydrogen-bond acceptors (Lipinski definition) is 5. The van der Waals surface area contributed by atoms with Crippen LogP contribution in [0.25, 0.3) is 6.08 Å². The van der Waals surface area contributed by atoms with Crippen molar-refractivity contribution >= 4 is 45.3 Å². The van der Waals surface area contributed by atoms with Gasteiger partial charge in [0, 0.05) is 16.8 Å². The molecule has 2 aromatic carbocycles. The third-order valence-corrected chi connectivity index (χ3v) is 5.42. The monoisotopic (exact) mass is 422 g/mol. The number of rotatable bonds is 7. The zero-order chi connectivity index (χ0) is 20.7. The van der Waals surface area contributed by atoms with Crippen molar-refractivity contribution in [1.82, 2.24) is 4.72 Å². The van der Waals surface area contributed by atoms with Crippen molar-refractivity contribution in [2.75, 3.05) is 12.4 Å². The van der Waals surface area contributed by atoms with Gasteiger partial charge in [-0.25, -0.2) is 8.42 Å². The first-order valence-electron chi connectivity index (χ1n) is 8.16. The van der Waals surface area contributed by atoms with Crippen LogP contribution in [0.3, 0.4) is 0 Å². The highest BCUT2D eigenvalue weighted by molar-refractivity contribution is 7.89. The van der Waals surface area contributed by atoms with Crippen molar-refractivity contribution in [3.8, 4) is 0 Å². The van der Waals surface area contributed by atoms with Gasteiger partial charge in [0.2, 0.25) is 15.9 Å². The number of methoxy groups -OCH3 is 1. The minimum absolute atomic E-state index is 0.0436. The molecule has 0 radical (unpaired) electrons. The average molecular weight is 423 g/mol. The SMILES string of the molecule is COC(=O)[C@H](C)NS(=O)(=O)c1ccc(NC(=O)/C=C/c2ccc(Cl)cc2)cc1. The molecular formula is C19H19ClN2O5S. The van der Waals surface area contributed by atoms with E-state index in [-0.39, 0.29) is 10.8 Å². The van der Waals surface area contributed by atoms with Gasteiger partial charge in [0.1, 0.15) is 6.04 Å². The van der Waals surface area contributed by atoms with Gasteiger partial charge in [0.05, 0.1) is 12.0 Å². The van der Waals surface area contributed by atoms with Crippen molar-refractivity contribution in [2.24, 2.45) is 0 Å². The molecule has 0 fully saturated rings.